The molecule has 1 aromatic rings. The van der Waals surface area contributed by atoms with E-state index in [2.05, 4.69) is 56.5 Å². The first-order valence-corrected chi connectivity index (χ1v) is 11.5. The summed E-state index contributed by atoms with van der Waals surface area (Å²) in [5.74, 6) is 1.72. The van der Waals surface area contributed by atoms with Crippen molar-refractivity contribution in [1.82, 2.24) is 15.1 Å². The van der Waals surface area contributed by atoms with Gasteiger partial charge in [0, 0.05) is 46.3 Å². The first-order valence-electron chi connectivity index (χ1n) is 9.66. The lowest BCUT2D eigenvalue weighted by Gasteiger charge is -2.36. The Bertz CT molecular complexity index is 760. The van der Waals surface area contributed by atoms with Crippen LogP contribution in [0.1, 0.15) is 12.0 Å². The van der Waals surface area contributed by atoms with Crippen LogP contribution in [0.3, 0.4) is 0 Å². The highest BCUT2D eigenvalue weighted by atomic mass is 127. The zero-order valence-electron chi connectivity index (χ0n) is 16.5. The van der Waals surface area contributed by atoms with Crippen LogP contribution < -0.4 is 5.32 Å². The first kappa shape index (κ1) is 23.2. The smallest absolute Gasteiger partial charge is 0.193 e. The van der Waals surface area contributed by atoms with E-state index in [0.717, 1.165) is 45.1 Å². The Labute approximate surface area is 186 Å². The van der Waals surface area contributed by atoms with Crippen LogP contribution in [0.25, 0.3) is 6.08 Å². The highest BCUT2D eigenvalue weighted by molar-refractivity contribution is 14.0. The van der Waals surface area contributed by atoms with E-state index in [1.165, 1.54) is 5.56 Å². The van der Waals surface area contributed by atoms with Gasteiger partial charge in [-0.3, -0.25) is 9.89 Å². The zero-order chi connectivity index (χ0) is 19.1. The molecule has 0 radical (unpaired) electrons. The molecule has 1 N–H and O–H groups in total. The van der Waals surface area contributed by atoms with Gasteiger partial charge >= 0.3 is 0 Å². The fourth-order valence-electron chi connectivity index (χ4n) is 3.65. The number of halogens is 1. The second-order valence-corrected chi connectivity index (χ2v) is 9.53. The quantitative estimate of drug-likeness (QED) is 0.367. The number of hydrogen-bond acceptors (Lipinski definition) is 4. The van der Waals surface area contributed by atoms with E-state index in [9.17, 15) is 8.42 Å². The zero-order valence-corrected chi connectivity index (χ0v) is 19.6. The maximum atomic E-state index is 11.6. The fraction of sp³-hybridized carbons (Fsp3) is 0.550. The average Bonchev–Trinajstić information content (AvgIpc) is 3.03. The SMILES string of the molecule is CN=C(NCC1CCS(=O)(=O)C1)N1CCN(C/C=C/c2ccccc2)CC1.I. The van der Waals surface area contributed by atoms with E-state index in [-0.39, 0.29) is 29.9 Å². The largest absolute Gasteiger partial charge is 0.356 e. The third kappa shape index (κ3) is 7.04. The van der Waals surface area contributed by atoms with Gasteiger partial charge in [0.25, 0.3) is 0 Å². The number of sulfone groups is 1. The van der Waals surface area contributed by atoms with Crippen molar-refractivity contribution in [2.45, 2.75) is 6.42 Å². The Morgan fingerprint density at radius 3 is 2.54 bits per heavy atom. The van der Waals surface area contributed by atoms with Crippen molar-refractivity contribution >= 4 is 45.8 Å². The Hall–Kier alpha value is -1.13. The van der Waals surface area contributed by atoms with Gasteiger partial charge in [-0.2, -0.15) is 0 Å². The lowest BCUT2D eigenvalue weighted by Crippen LogP contribution is -2.53. The number of rotatable bonds is 5. The molecule has 8 heteroatoms. The highest BCUT2D eigenvalue weighted by Gasteiger charge is 2.28. The van der Waals surface area contributed by atoms with Gasteiger partial charge in [0.1, 0.15) is 0 Å². The second-order valence-electron chi connectivity index (χ2n) is 7.30. The molecule has 2 fully saturated rings. The van der Waals surface area contributed by atoms with E-state index < -0.39 is 9.84 Å². The summed E-state index contributed by atoms with van der Waals surface area (Å²) in [5, 5.41) is 3.38. The molecule has 2 aliphatic heterocycles. The van der Waals surface area contributed by atoms with Crippen LogP contribution in [0, 0.1) is 5.92 Å². The molecule has 2 saturated heterocycles. The average molecular weight is 518 g/mol. The summed E-state index contributed by atoms with van der Waals surface area (Å²) < 4.78 is 23.2. The third-order valence-corrected chi connectivity index (χ3v) is 7.07. The summed E-state index contributed by atoms with van der Waals surface area (Å²) >= 11 is 0. The normalized spacial score (nSPS) is 23.0. The third-order valence-electron chi connectivity index (χ3n) is 5.23. The van der Waals surface area contributed by atoms with Crippen LogP contribution in [0.4, 0.5) is 0 Å². The van der Waals surface area contributed by atoms with Crippen molar-refractivity contribution < 1.29 is 8.42 Å². The molecular weight excluding hydrogens is 487 g/mol. The summed E-state index contributed by atoms with van der Waals surface area (Å²) in [5.41, 5.74) is 1.23. The number of nitrogens with zero attached hydrogens (tertiary/aromatic N) is 3. The van der Waals surface area contributed by atoms with Gasteiger partial charge in [-0.1, -0.05) is 42.5 Å². The van der Waals surface area contributed by atoms with Crippen LogP contribution in [-0.4, -0.2) is 82.0 Å². The van der Waals surface area contributed by atoms with Gasteiger partial charge in [0.15, 0.2) is 15.8 Å². The summed E-state index contributed by atoms with van der Waals surface area (Å²) in [6.07, 6.45) is 5.15. The Morgan fingerprint density at radius 2 is 1.93 bits per heavy atom. The van der Waals surface area contributed by atoms with E-state index in [1.807, 2.05) is 6.07 Å². The molecule has 28 heavy (non-hydrogen) atoms. The molecule has 6 nitrogen and oxygen atoms in total. The van der Waals surface area contributed by atoms with E-state index in [1.54, 1.807) is 7.05 Å². The van der Waals surface area contributed by atoms with Gasteiger partial charge in [0.2, 0.25) is 0 Å². The van der Waals surface area contributed by atoms with E-state index in [0.29, 0.717) is 18.1 Å². The number of nitrogens with one attached hydrogen (secondary N) is 1. The fourth-order valence-corrected chi connectivity index (χ4v) is 5.51. The summed E-state index contributed by atoms with van der Waals surface area (Å²) in [6, 6.07) is 10.4. The maximum absolute atomic E-state index is 11.6. The minimum absolute atomic E-state index is 0. The highest BCUT2D eigenvalue weighted by Crippen LogP contribution is 2.17. The van der Waals surface area contributed by atoms with Crippen molar-refractivity contribution in [3.8, 4) is 0 Å². The van der Waals surface area contributed by atoms with Crippen LogP contribution in [0.5, 0.6) is 0 Å². The molecule has 0 aromatic heterocycles. The number of aliphatic imine (C=N–C) groups is 1. The number of piperazine rings is 1. The summed E-state index contributed by atoms with van der Waals surface area (Å²) in [6.45, 7) is 5.50. The topological polar surface area (TPSA) is 65.0 Å². The van der Waals surface area contributed by atoms with Crippen LogP contribution >= 0.6 is 24.0 Å². The predicted octanol–water partition coefficient (Wildman–Crippen LogP) is 1.95. The summed E-state index contributed by atoms with van der Waals surface area (Å²) in [7, 11) is -1.02. The lowest BCUT2D eigenvalue weighted by molar-refractivity contribution is 0.194. The van der Waals surface area contributed by atoms with Gasteiger partial charge in [0.05, 0.1) is 11.5 Å². The molecule has 0 aliphatic carbocycles. The van der Waals surface area contributed by atoms with Crippen LogP contribution in [-0.2, 0) is 9.84 Å². The van der Waals surface area contributed by atoms with E-state index in [4.69, 9.17) is 0 Å². The molecule has 156 valence electrons. The van der Waals surface area contributed by atoms with Crippen molar-refractivity contribution in [3.05, 3.63) is 42.0 Å². The molecule has 2 heterocycles. The molecule has 1 unspecified atom stereocenters. The van der Waals surface area contributed by atoms with Crippen molar-refractivity contribution in [2.75, 3.05) is 57.8 Å². The maximum Gasteiger partial charge on any atom is 0.193 e. The molecule has 2 aliphatic rings. The Kier molecular flexibility index (Phi) is 9.23. The number of hydrogen-bond donors (Lipinski definition) is 1. The Balaban J connectivity index is 0.00000280. The lowest BCUT2D eigenvalue weighted by atomic mass is 10.1. The van der Waals surface area contributed by atoms with E-state index >= 15 is 0 Å². The second kappa shape index (κ2) is 11.2. The number of benzene rings is 1. The van der Waals surface area contributed by atoms with Crippen LogP contribution in [0.2, 0.25) is 0 Å². The molecule has 1 aromatic carbocycles. The number of guanidine groups is 1. The molecular formula is C20H31IN4O2S. The van der Waals surface area contributed by atoms with Gasteiger partial charge < -0.3 is 10.2 Å². The summed E-state index contributed by atoms with van der Waals surface area (Å²) in [4.78, 5) is 9.09. The van der Waals surface area contributed by atoms with Crippen molar-refractivity contribution in [2.24, 2.45) is 10.9 Å². The molecule has 3 rings (SSSR count). The van der Waals surface area contributed by atoms with Crippen molar-refractivity contribution in [1.29, 1.82) is 0 Å². The van der Waals surface area contributed by atoms with Gasteiger partial charge in [-0.25, -0.2) is 8.42 Å². The predicted molar refractivity (Wildman–Crippen MR) is 127 cm³/mol. The molecule has 0 saturated carbocycles. The molecule has 0 spiro atoms. The van der Waals surface area contributed by atoms with Gasteiger partial charge in [-0.05, 0) is 17.9 Å². The van der Waals surface area contributed by atoms with Crippen LogP contribution in [0.15, 0.2) is 41.4 Å². The molecule has 0 amide bonds. The van der Waals surface area contributed by atoms with Crippen molar-refractivity contribution in [3.63, 3.8) is 0 Å². The minimum atomic E-state index is -2.82. The first-order chi connectivity index (χ1) is 13.1. The molecule has 1 atom stereocenters. The minimum Gasteiger partial charge on any atom is -0.356 e. The Morgan fingerprint density at radius 1 is 1.21 bits per heavy atom. The standard InChI is InChI=1S/C20H30N4O2S.HI/c1-21-20(22-16-19-9-15-27(25,26)17-19)24-13-11-23(12-14-24)10-5-8-18-6-3-2-4-7-18;/h2-8,19H,9-17H2,1H3,(H,21,22);1H/b8-5+;. The monoisotopic (exact) mass is 518 g/mol. The molecule has 0 bridgehead atoms. The van der Waals surface area contributed by atoms with Gasteiger partial charge in [-0.15, -0.1) is 24.0 Å².